The third kappa shape index (κ3) is 4.74. The van der Waals surface area contributed by atoms with Crippen molar-refractivity contribution >= 4 is 22.4 Å². The van der Waals surface area contributed by atoms with Gasteiger partial charge in [0, 0.05) is 11.1 Å². The summed E-state index contributed by atoms with van der Waals surface area (Å²) < 4.78 is 0. The lowest BCUT2D eigenvalue weighted by Gasteiger charge is -2.25. The number of nitriles is 1. The summed E-state index contributed by atoms with van der Waals surface area (Å²) in [6.07, 6.45) is -0.297. The number of hydrogen-bond acceptors (Lipinski definition) is 4. The van der Waals surface area contributed by atoms with Gasteiger partial charge in [-0.3, -0.25) is 0 Å². The van der Waals surface area contributed by atoms with Crippen LogP contribution in [0.15, 0.2) is 156 Å². The monoisotopic (exact) mass is 538 g/mol. The lowest BCUT2D eigenvalue weighted by atomic mass is 9.88. The maximum absolute atomic E-state index is 9.34. The summed E-state index contributed by atoms with van der Waals surface area (Å²) in [6, 6.07) is 51.6. The van der Waals surface area contributed by atoms with Crippen molar-refractivity contribution in [2.45, 2.75) is 6.17 Å². The first kappa shape index (κ1) is 25.2. The van der Waals surface area contributed by atoms with Crippen LogP contribution in [0.25, 0.3) is 33.0 Å². The molecular formula is C38H26N4. The fourth-order valence-electron chi connectivity index (χ4n) is 5.54. The van der Waals surface area contributed by atoms with E-state index in [1.54, 1.807) is 0 Å². The fraction of sp³-hybridized carbons (Fsp3) is 0.0263. The Morgan fingerprint density at radius 3 is 2.00 bits per heavy atom. The van der Waals surface area contributed by atoms with Gasteiger partial charge in [-0.25, -0.2) is 9.98 Å². The molecule has 1 atom stereocenters. The molecule has 7 rings (SSSR count). The summed E-state index contributed by atoms with van der Waals surface area (Å²) in [7, 11) is 0. The van der Waals surface area contributed by atoms with E-state index < -0.39 is 0 Å². The molecule has 1 aliphatic heterocycles. The molecular weight excluding hydrogens is 512 g/mol. The van der Waals surface area contributed by atoms with Gasteiger partial charge in [0.25, 0.3) is 0 Å². The number of amidine groups is 2. The van der Waals surface area contributed by atoms with Crippen molar-refractivity contribution in [3.8, 4) is 28.3 Å². The average Bonchev–Trinajstić information content (AvgIpc) is 3.08. The summed E-state index contributed by atoms with van der Waals surface area (Å²) in [5.74, 6) is 1.47. The Morgan fingerprint density at radius 1 is 0.571 bits per heavy atom. The summed E-state index contributed by atoms with van der Waals surface area (Å²) >= 11 is 0. The maximum Gasteiger partial charge on any atom is 0.160 e. The first-order valence-electron chi connectivity index (χ1n) is 13.9. The van der Waals surface area contributed by atoms with E-state index in [9.17, 15) is 5.26 Å². The molecule has 198 valence electrons. The Kier molecular flexibility index (Phi) is 6.60. The van der Waals surface area contributed by atoms with Crippen LogP contribution >= 0.6 is 0 Å². The van der Waals surface area contributed by atoms with Gasteiger partial charge in [-0.05, 0) is 50.7 Å². The predicted octanol–water partition coefficient (Wildman–Crippen LogP) is 8.54. The topological polar surface area (TPSA) is 60.5 Å². The van der Waals surface area contributed by atoms with E-state index in [0.717, 1.165) is 55.6 Å². The summed E-state index contributed by atoms with van der Waals surface area (Å²) in [6.45, 7) is 0. The summed E-state index contributed by atoms with van der Waals surface area (Å²) in [5.41, 5.74) is 7.97. The first-order chi connectivity index (χ1) is 20.8. The smallest absolute Gasteiger partial charge is 0.160 e. The van der Waals surface area contributed by atoms with E-state index >= 15 is 0 Å². The Hall–Kier alpha value is -5.79. The van der Waals surface area contributed by atoms with Crippen molar-refractivity contribution in [3.63, 3.8) is 0 Å². The van der Waals surface area contributed by atoms with Crippen LogP contribution in [0, 0.1) is 11.3 Å². The van der Waals surface area contributed by atoms with E-state index in [1.807, 2.05) is 60.7 Å². The third-order valence-corrected chi connectivity index (χ3v) is 7.60. The molecule has 0 amide bonds. The minimum atomic E-state index is -0.297. The number of nitrogens with one attached hydrogen (secondary N) is 1. The summed E-state index contributed by atoms with van der Waals surface area (Å²) in [5, 5.41) is 15.1. The lowest BCUT2D eigenvalue weighted by molar-refractivity contribution is 0.674. The molecule has 0 saturated heterocycles. The lowest BCUT2D eigenvalue weighted by Crippen LogP contribution is -2.33. The minimum absolute atomic E-state index is 0.297. The molecule has 1 unspecified atom stereocenters. The standard InChI is InChI=1S/C38H26N4/c39-25-26-19-21-28(22-20-26)31-16-9-10-18-33(31)34-24-23-27-11-7-8-17-32(27)35(34)38-41-36(29-12-3-1-4-13-29)40-37(42-38)30-14-5-2-6-15-30/h1-24,36H,(H,40,41,42). The molecule has 6 aromatic rings. The summed E-state index contributed by atoms with van der Waals surface area (Å²) in [4.78, 5) is 10.4. The molecule has 0 bridgehead atoms. The van der Waals surface area contributed by atoms with Gasteiger partial charge in [-0.1, -0.05) is 133 Å². The highest BCUT2D eigenvalue weighted by atomic mass is 15.2. The highest BCUT2D eigenvalue weighted by Gasteiger charge is 2.24. The molecule has 0 aliphatic carbocycles. The molecule has 0 spiro atoms. The number of aliphatic imine (C=N–C) groups is 2. The van der Waals surface area contributed by atoms with Crippen LogP contribution in [-0.2, 0) is 0 Å². The van der Waals surface area contributed by atoms with Crippen LogP contribution in [0.1, 0.15) is 28.4 Å². The second-order valence-corrected chi connectivity index (χ2v) is 10.2. The van der Waals surface area contributed by atoms with Crippen LogP contribution in [0.3, 0.4) is 0 Å². The van der Waals surface area contributed by atoms with E-state index in [1.165, 1.54) is 0 Å². The van der Waals surface area contributed by atoms with E-state index in [0.29, 0.717) is 11.4 Å². The SMILES string of the molecule is N#Cc1ccc(-c2ccccc2-c2ccc3ccccc3c2C2=NC(c3ccccc3)NC(c3ccccc3)=N2)cc1. The van der Waals surface area contributed by atoms with Crippen LogP contribution in [0.4, 0.5) is 0 Å². The van der Waals surface area contributed by atoms with Gasteiger partial charge in [-0.2, -0.15) is 5.26 Å². The Morgan fingerprint density at radius 2 is 1.24 bits per heavy atom. The van der Waals surface area contributed by atoms with Crippen molar-refractivity contribution in [1.82, 2.24) is 5.32 Å². The molecule has 0 fully saturated rings. The zero-order chi connectivity index (χ0) is 28.3. The zero-order valence-corrected chi connectivity index (χ0v) is 22.8. The van der Waals surface area contributed by atoms with Crippen LogP contribution in [0.5, 0.6) is 0 Å². The van der Waals surface area contributed by atoms with Crippen molar-refractivity contribution in [1.29, 1.82) is 5.26 Å². The number of benzene rings is 6. The minimum Gasteiger partial charge on any atom is -0.344 e. The molecule has 1 N–H and O–H groups in total. The Labute approximate surface area is 245 Å². The molecule has 0 radical (unpaired) electrons. The van der Waals surface area contributed by atoms with Crippen LogP contribution < -0.4 is 5.32 Å². The van der Waals surface area contributed by atoms with Gasteiger partial charge in [0.15, 0.2) is 5.84 Å². The number of fused-ring (bicyclic) bond motifs is 1. The number of hydrogen-bond donors (Lipinski definition) is 1. The molecule has 6 aromatic carbocycles. The maximum atomic E-state index is 9.34. The van der Waals surface area contributed by atoms with E-state index in [2.05, 4.69) is 96.3 Å². The quantitative estimate of drug-likeness (QED) is 0.239. The van der Waals surface area contributed by atoms with Gasteiger partial charge in [0.05, 0.1) is 11.6 Å². The molecule has 4 heteroatoms. The molecule has 1 heterocycles. The highest BCUT2D eigenvalue weighted by molar-refractivity contribution is 6.21. The van der Waals surface area contributed by atoms with E-state index in [4.69, 9.17) is 9.98 Å². The fourth-order valence-corrected chi connectivity index (χ4v) is 5.54. The van der Waals surface area contributed by atoms with Crippen molar-refractivity contribution in [2.75, 3.05) is 0 Å². The molecule has 4 nitrogen and oxygen atoms in total. The Bertz CT molecular complexity index is 2000. The third-order valence-electron chi connectivity index (χ3n) is 7.60. The molecule has 42 heavy (non-hydrogen) atoms. The van der Waals surface area contributed by atoms with Gasteiger partial charge >= 0.3 is 0 Å². The normalized spacial score (nSPS) is 14.4. The predicted molar refractivity (Wildman–Crippen MR) is 171 cm³/mol. The second-order valence-electron chi connectivity index (χ2n) is 10.2. The van der Waals surface area contributed by atoms with Gasteiger partial charge in [0.2, 0.25) is 0 Å². The van der Waals surface area contributed by atoms with Crippen LogP contribution in [0.2, 0.25) is 0 Å². The van der Waals surface area contributed by atoms with Gasteiger partial charge in [-0.15, -0.1) is 0 Å². The van der Waals surface area contributed by atoms with Crippen molar-refractivity contribution < 1.29 is 0 Å². The number of rotatable bonds is 5. The Balaban J connectivity index is 1.48. The van der Waals surface area contributed by atoms with Gasteiger partial charge in [0.1, 0.15) is 12.0 Å². The highest BCUT2D eigenvalue weighted by Crippen LogP contribution is 2.38. The van der Waals surface area contributed by atoms with E-state index in [-0.39, 0.29) is 6.17 Å². The first-order valence-corrected chi connectivity index (χ1v) is 13.9. The molecule has 0 aromatic heterocycles. The second kappa shape index (κ2) is 11.0. The molecule has 0 saturated carbocycles. The van der Waals surface area contributed by atoms with Crippen molar-refractivity contribution in [2.24, 2.45) is 9.98 Å². The van der Waals surface area contributed by atoms with Gasteiger partial charge < -0.3 is 5.32 Å². The van der Waals surface area contributed by atoms with Crippen LogP contribution in [-0.4, -0.2) is 11.7 Å². The van der Waals surface area contributed by atoms with Crippen molar-refractivity contribution in [3.05, 3.63) is 168 Å². The number of nitrogens with zero attached hydrogens (tertiary/aromatic N) is 3. The average molecular weight is 539 g/mol. The largest absolute Gasteiger partial charge is 0.344 e. The molecule has 1 aliphatic rings. The zero-order valence-electron chi connectivity index (χ0n) is 22.8.